The van der Waals surface area contributed by atoms with Gasteiger partial charge in [0.2, 0.25) is 0 Å². The lowest BCUT2D eigenvalue weighted by atomic mass is 10.0. The van der Waals surface area contributed by atoms with E-state index in [0.29, 0.717) is 6.54 Å². The highest BCUT2D eigenvalue weighted by Crippen LogP contribution is 2.28. The van der Waals surface area contributed by atoms with E-state index in [1.54, 1.807) is 12.1 Å². The van der Waals surface area contributed by atoms with E-state index in [1.807, 2.05) is 11.8 Å². The Morgan fingerprint density at radius 1 is 1.19 bits per heavy atom. The molecule has 0 unspecified atom stereocenters. The number of nitrogens with zero attached hydrogens (tertiary/aromatic N) is 1. The Morgan fingerprint density at radius 2 is 1.78 bits per heavy atom. The van der Waals surface area contributed by atoms with Crippen LogP contribution >= 0.6 is 12.4 Å². The topological polar surface area (TPSA) is 50.8 Å². The molecule has 0 aromatic heterocycles. The second-order valence-electron chi connectivity index (χ2n) is 6.21. The summed E-state index contributed by atoms with van der Waals surface area (Å²) in [6.45, 7) is 2.75. The van der Waals surface area contributed by atoms with Gasteiger partial charge in [-0.25, -0.2) is 0 Å². The van der Waals surface area contributed by atoms with Crippen LogP contribution in [-0.2, 0) is 4.79 Å². The van der Waals surface area contributed by atoms with E-state index in [-0.39, 0.29) is 42.5 Å². The van der Waals surface area contributed by atoms with Crippen LogP contribution in [0.15, 0.2) is 24.3 Å². The molecular formula is C18H26ClF3N2O3. The Morgan fingerprint density at radius 3 is 2.33 bits per heavy atom. The first-order valence-corrected chi connectivity index (χ1v) is 8.82. The molecule has 1 amide bonds. The molecule has 154 valence electrons. The molecule has 0 saturated carbocycles. The number of rotatable bonds is 8. The van der Waals surface area contributed by atoms with Crippen LogP contribution in [0.4, 0.5) is 13.2 Å². The van der Waals surface area contributed by atoms with Gasteiger partial charge in [0.25, 0.3) is 5.91 Å². The molecule has 0 aliphatic carbocycles. The van der Waals surface area contributed by atoms with Crippen molar-refractivity contribution < 1.29 is 27.4 Å². The van der Waals surface area contributed by atoms with E-state index in [0.717, 1.165) is 32.4 Å². The molecule has 5 nitrogen and oxygen atoms in total. The summed E-state index contributed by atoms with van der Waals surface area (Å²) < 4.78 is 47.3. The molecule has 0 radical (unpaired) electrons. The van der Waals surface area contributed by atoms with Gasteiger partial charge in [-0.05, 0) is 44.5 Å². The van der Waals surface area contributed by atoms with Gasteiger partial charge in [-0.2, -0.15) is 13.2 Å². The number of ether oxygens (including phenoxy) is 2. The first-order valence-electron chi connectivity index (χ1n) is 8.82. The zero-order valence-electron chi connectivity index (χ0n) is 15.3. The quantitative estimate of drug-likeness (QED) is 0.713. The molecule has 1 N–H and O–H groups in total. The number of amides is 1. The van der Waals surface area contributed by atoms with Crippen LogP contribution in [0, 0.1) is 0 Å². The predicted octanol–water partition coefficient (Wildman–Crippen LogP) is 3.42. The summed E-state index contributed by atoms with van der Waals surface area (Å²) in [5.74, 6) is -0.0576. The number of carbonyl (C=O) groups is 1. The maximum atomic E-state index is 12.6. The van der Waals surface area contributed by atoms with Crippen molar-refractivity contribution in [3.05, 3.63) is 24.3 Å². The van der Waals surface area contributed by atoms with Gasteiger partial charge in [-0.1, -0.05) is 19.1 Å². The molecule has 0 spiro atoms. The van der Waals surface area contributed by atoms with Gasteiger partial charge in [-0.15, -0.1) is 12.4 Å². The van der Waals surface area contributed by atoms with Crippen LogP contribution in [-0.4, -0.2) is 55.9 Å². The summed E-state index contributed by atoms with van der Waals surface area (Å²) >= 11 is 0. The summed E-state index contributed by atoms with van der Waals surface area (Å²) in [7, 11) is 0. The largest absolute Gasteiger partial charge is 0.480 e. The standard InChI is InChI=1S/C18H25F3N2O3.ClH/c1-2-11-23(14-7-9-22-10-8-14)17(24)12-25-15-5-3-4-6-16(15)26-13-18(19,20)21;/h3-6,14,22H,2,7-13H2,1H3;1H. The van der Waals surface area contributed by atoms with E-state index in [2.05, 4.69) is 5.32 Å². The highest BCUT2D eigenvalue weighted by Gasteiger charge is 2.29. The van der Waals surface area contributed by atoms with Gasteiger partial charge in [0.1, 0.15) is 0 Å². The molecule has 1 aromatic carbocycles. The van der Waals surface area contributed by atoms with Gasteiger partial charge >= 0.3 is 6.18 Å². The lowest BCUT2D eigenvalue weighted by molar-refractivity contribution is -0.153. The van der Waals surface area contributed by atoms with Crippen molar-refractivity contribution in [2.45, 2.75) is 38.4 Å². The highest BCUT2D eigenvalue weighted by atomic mass is 35.5. The number of para-hydroxylation sites is 2. The summed E-state index contributed by atoms with van der Waals surface area (Å²) in [4.78, 5) is 14.4. The highest BCUT2D eigenvalue weighted by molar-refractivity contribution is 5.85. The van der Waals surface area contributed by atoms with Gasteiger partial charge in [-0.3, -0.25) is 4.79 Å². The lowest BCUT2D eigenvalue weighted by Crippen LogP contribution is -2.48. The zero-order valence-corrected chi connectivity index (χ0v) is 16.1. The minimum atomic E-state index is -4.43. The Bertz CT molecular complexity index is 581. The third-order valence-corrected chi connectivity index (χ3v) is 4.13. The number of nitrogens with one attached hydrogen (secondary N) is 1. The van der Waals surface area contributed by atoms with Crippen molar-refractivity contribution in [2.75, 3.05) is 32.8 Å². The smallest absolute Gasteiger partial charge is 0.422 e. The number of alkyl halides is 3. The van der Waals surface area contributed by atoms with Gasteiger partial charge in [0.05, 0.1) is 0 Å². The summed E-state index contributed by atoms with van der Waals surface area (Å²) in [5.41, 5.74) is 0. The molecule has 9 heteroatoms. The SMILES string of the molecule is CCCN(C(=O)COc1ccccc1OCC(F)(F)F)C1CCNCC1.Cl. The monoisotopic (exact) mass is 410 g/mol. The maximum Gasteiger partial charge on any atom is 0.422 e. The van der Waals surface area contributed by atoms with Crippen molar-refractivity contribution in [1.29, 1.82) is 0 Å². The van der Waals surface area contributed by atoms with Crippen molar-refractivity contribution in [3.8, 4) is 11.5 Å². The molecule has 1 fully saturated rings. The Hall–Kier alpha value is -1.67. The molecule has 1 saturated heterocycles. The van der Waals surface area contributed by atoms with E-state index in [1.165, 1.54) is 12.1 Å². The predicted molar refractivity (Wildman–Crippen MR) is 98.6 cm³/mol. The van der Waals surface area contributed by atoms with Crippen molar-refractivity contribution in [2.24, 2.45) is 0 Å². The first-order chi connectivity index (χ1) is 12.4. The third kappa shape index (κ3) is 7.84. The van der Waals surface area contributed by atoms with Crippen molar-refractivity contribution in [3.63, 3.8) is 0 Å². The van der Waals surface area contributed by atoms with Crippen LogP contribution in [0.25, 0.3) is 0 Å². The number of hydrogen-bond acceptors (Lipinski definition) is 4. The van der Waals surface area contributed by atoms with Crippen LogP contribution in [0.5, 0.6) is 11.5 Å². The molecule has 0 bridgehead atoms. The molecule has 2 rings (SSSR count). The minimum Gasteiger partial charge on any atom is -0.480 e. The molecule has 0 atom stereocenters. The Kier molecular flexibility index (Phi) is 9.73. The number of piperidine rings is 1. The van der Waals surface area contributed by atoms with Gasteiger partial charge in [0, 0.05) is 12.6 Å². The molecule has 27 heavy (non-hydrogen) atoms. The number of benzene rings is 1. The van der Waals surface area contributed by atoms with E-state index >= 15 is 0 Å². The fraction of sp³-hybridized carbons (Fsp3) is 0.611. The summed E-state index contributed by atoms with van der Waals surface area (Å²) in [6, 6.07) is 6.23. The number of hydrogen-bond donors (Lipinski definition) is 1. The van der Waals surface area contributed by atoms with Crippen LogP contribution in [0.1, 0.15) is 26.2 Å². The average Bonchev–Trinajstić information content (AvgIpc) is 2.63. The number of carbonyl (C=O) groups excluding carboxylic acids is 1. The zero-order chi connectivity index (χ0) is 19.0. The normalized spacial score (nSPS) is 15.0. The third-order valence-electron chi connectivity index (χ3n) is 4.13. The Balaban J connectivity index is 0.00000364. The summed E-state index contributed by atoms with van der Waals surface area (Å²) in [5, 5.41) is 3.26. The van der Waals surface area contributed by atoms with Gasteiger partial charge in [0.15, 0.2) is 24.7 Å². The van der Waals surface area contributed by atoms with Crippen molar-refractivity contribution >= 4 is 18.3 Å². The van der Waals surface area contributed by atoms with E-state index in [9.17, 15) is 18.0 Å². The summed E-state index contributed by atoms with van der Waals surface area (Å²) in [6.07, 6.45) is -1.83. The lowest BCUT2D eigenvalue weighted by Gasteiger charge is -2.34. The van der Waals surface area contributed by atoms with Crippen LogP contribution in [0.3, 0.4) is 0 Å². The van der Waals surface area contributed by atoms with Crippen LogP contribution < -0.4 is 14.8 Å². The molecule has 1 aromatic rings. The molecular weight excluding hydrogens is 385 g/mol. The molecule has 1 aliphatic heterocycles. The van der Waals surface area contributed by atoms with Crippen molar-refractivity contribution in [1.82, 2.24) is 10.2 Å². The maximum absolute atomic E-state index is 12.6. The number of halogens is 4. The molecule has 1 aliphatic rings. The van der Waals surface area contributed by atoms with E-state index in [4.69, 9.17) is 9.47 Å². The fourth-order valence-corrected chi connectivity index (χ4v) is 2.94. The van der Waals surface area contributed by atoms with E-state index < -0.39 is 12.8 Å². The second kappa shape index (κ2) is 11.2. The van der Waals surface area contributed by atoms with Crippen LogP contribution in [0.2, 0.25) is 0 Å². The first kappa shape index (κ1) is 23.4. The molecule has 1 heterocycles. The average molecular weight is 411 g/mol. The Labute approximate surface area is 163 Å². The minimum absolute atomic E-state index is 0. The van der Waals surface area contributed by atoms with Gasteiger partial charge < -0.3 is 19.7 Å². The second-order valence-corrected chi connectivity index (χ2v) is 6.21. The fourth-order valence-electron chi connectivity index (χ4n) is 2.94.